The van der Waals surface area contributed by atoms with E-state index < -0.39 is 6.16 Å². The fourth-order valence-corrected chi connectivity index (χ4v) is 3.01. The molecule has 5 heteroatoms. The fraction of sp³-hybridized carbons (Fsp3) is 0.556. The van der Waals surface area contributed by atoms with Crippen LogP contribution >= 0.6 is 0 Å². The lowest BCUT2D eigenvalue weighted by Crippen LogP contribution is -2.41. The van der Waals surface area contributed by atoms with E-state index >= 15 is 0 Å². The summed E-state index contributed by atoms with van der Waals surface area (Å²) in [5.74, 6) is 0.794. The van der Waals surface area contributed by atoms with Crippen molar-refractivity contribution in [1.82, 2.24) is 5.32 Å². The van der Waals surface area contributed by atoms with E-state index in [-0.39, 0.29) is 5.91 Å². The van der Waals surface area contributed by atoms with Crippen LogP contribution in [-0.2, 0) is 11.2 Å². The lowest BCUT2D eigenvalue weighted by molar-refractivity contribution is -0.121. The van der Waals surface area contributed by atoms with E-state index in [9.17, 15) is 4.79 Å². The summed E-state index contributed by atoms with van der Waals surface area (Å²) in [6.45, 7) is 6.42. The second kappa shape index (κ2) is 9.18. The third-order valence-electron chi connectivity index (χ3n) is 4.31. The van der Waals surface area contributed by atoms with Crippen LogP contribution in [0.25, 0.3) is 0 Å². The zero-order valence-electron chi connectivity index (χ0n) is 14.1. The van der Waals surface area contributed by atoms with Crippen LogP contribution in [0.4, 0.5) is 4.79 Å². The highest BCUT2D eigenvalue weighted by atomic mass is 16.6. The molecule has 3 N–H and O–H groups in total. The van der Waals surface area contributed by atoms with Gasteiger partial charge in [-0.15, -0.1) is 0 Å². The lowest BCUT2D eigenvalue weighted by atomic mass is 9.86. The summed E-state index contributed by atoms with van der Waals surface area (Å²) in [5.41, 5.74) is 3.61. The second-order valence-electron chi connectivity index (χ2n) is 6.33. The molecule has 128 valence electrons. The topological polar surface area (TPSA) is 86.6 Å². The molecule has 2 rings (SSSR count). The highest BCUT2D eigenvalue weighted by Crippen LogP contribution is 2.23. The van der Waals surface area contributed by atoms with Crippen molar-refractivity contribution in [2.75, 3.05) is 0 Å². The van der Waals surface area contributed by atoms with Crippen molar-refractivity contribution in [3.63, 3.8) is 0 Å². The van der Waals surface area contributed by atoms with E-state index in [1.807, 2.05) is 0 Å². The average molecular weight is 321 g/mol. The summed E-state index contributed by atoms with van der Waals surface area (Å²) in [7, 11) is 0. The third-order valence-corrected chi connectivity index (χ3v) is 4.31. The Morgan fingerprint density at radius 3 is 2.35 bits per heavy atom. The van der Waals surface area contributed by atoms with Crippen LogP contribution < -0.4 is 5.32 Å². The molecule has 1 amide bonds. The van der Waals surface area contributed by atoms with Crippen molar-refractivity contribution in [2.45, 2.75) is 58.9 Å². The molecule has 1 fully saturated rings. The molecule has 0 heterocycles. The Labute approximate surface area is 137 Å². The molecule has 0 spiro atoms. The summed E-state index contributed by atoms with van der Waals surface area (Å²) in [4.78, 5) is 20.7. The van der Waals surface area contributed by atoms with Crippen molar-refractivity contribution in [2.24, 2.45) is 5.92 Å². The molecule has 0 aliphatic heterocycles. The average Bonchev–Trinajstić information content (AvgIpc) is 2.44. The Balaban J connectivity index is 0.000000593. The summed E-state index contributed by atoms with van der Waals surface area (Å²) < 4.78 is 0. The molecule has 0 radical (unpaired) electrons. The van der Waals surface area contributed by atoms with Crippen LogP contribution in [0.1, 0.15) is 49.3 Å². The Hall–Kier alpha value is -2.04. The van der Waals surface area contributed by atoms with Crippen LogP contribution in [0.2, 0.25) is 0 Å². The van der Waals surface area contributed by atoms with Gasteiger partial charge in [-0.25, -0.2) is 4.79 Å². The number of hydrogen-bond donors (Lipinski definition) is 3. The number of carbonyl (C=O) groups excluding carboxylic acids is 1. The first-order valence-electron chi connectivity index (χ1n) is 8.07. The molecule has 2 unspecified atom stereocenters. The quantitative estimate of drug-likeness (QED) is 0.791. The van der Waals surface area contributed by atoms with E-state index in [2.05, 4.69) is 44.3 Å². The fourth-order valence-electron chi connectivity index (χ4n) is 3.01. The maximum atomic E-state index is 12.2. The van der Waals surface area contributed by atoms with Gasteiger partial charge in [-0.3, -0.25) is 4.79 Å². The first-order chi connectivity index (χ1) is 10.8. The summed E-state index contributed by atoms with van der Waals surface area (Å²) in [5, 5.41) is 17.2. The van der Waals surface area contributed by atoms with Crippen molar-refractivity contribution in [3.05, 3.63) is 34.9 Å². The third kappa shape index (κ3) is 7.17. The van der Waals surface area contributed by atoms with Crippen LogP contribution in [-0.4, -0.2) is 28.3 Å². The standard InChI is InChI=1S/C17H25NO.CH2O3/c1-12-8-9-15(14(3)10-12)11-17(19)18-16-7-5-4-6-13(16)2;2-1(3)4/h8-10,13,16H,4-7,11H2,1-3H3,(H,18,19);(H2,2,3,4). The lowest BCUT2D eigenvalue weighted by Gasteiger charge is -2.29. The largest absolute Gasteiger partial charge is 0.503 e. The summed E-state index contributed by atoms with van der Waals surface area (Å²) >= 11 is 0. The molecule has 5 nitrogen and oxygen atoms in total. The maximum Gasteiger partial charge on any atom is 0.503 e. The predicted octanol–water partition coefficient (Wildman–Crippen LogP) is 3.76. The SMILES string of the molecule is Cc1ccc(CC(=O)NC2CCCCC2C)c(C)c1.O=C(O)O. The van der Waals surface area contributed by atoms with Crippen molar-refractivity contribution in [3.8, 4) is 0 Å². The minimum atomic E-state index is -1.83. The van der Waals surface area contributed by atoms with Crippen molar-refractivity contribution in [1.29, 1.82) is 0 Å². The molecule has 1 aromatic carbocycles. The molecular formula is C18H27NO4. The van der Waals surface area contributed by atoms with E-state index in [0.29, 0.717) is 18.4 Å². The molecule has 1 saturated carbocycles. The van der Waals surface area contributed by atoms with Gasteiger partial charge < -0.3 is 15.5 Å². The number of amides is 1. The van der Waals surface area contributed by atoms with Crippen LogP contribution in [0.3, 0.4) is 0 Å². The number of benzene rings is 1. The maximum absolute atomic E-state index is 12.2. The van der Waals surface area contributed by atoms with E-state index in [1.165, 1.54) is 30.4 Å². The van der Waals surface area contributed by atoms with Crippen molar-refractivity contribution < 1.29 is 19.8 Å². The number of hydrogen-bond acceptors (Lipinski definition) is 2. The van der Waals surface area contributed by atoms with Gasteiger partial charge >= 0.3 is 6.16 Å². The number of carboxylic acid groups (broad SMARTS) is 2. The molecular weight excluding hydrogens is 294 g/mol. The first-order valence-corrected chi connectivity index (χ1v) is 8.07. The first kappa shape index (κ1) is 19.0. The molecule has 23 heavy (non-hydrogen) atoms. The molecule has 1 aromatic rings. The minimum Gasteiger partial charge on any atom is -0.450 e. The van der Waals surface area contributed by atoms with Gasteiger partial charge in [0.1, 0.15) is 0 Å². The molecule has 0 aromatic heterocycles. The smallest absolute Gasteiger partial charge is 0.450 e. The van der Waals surface area contributed by atoms with E-state index in [0.717, 1.165) is 12.0 Å². The van der Waals surface area contributed by atoms with E-state index in [4.69, 9.17) is 15.0 Å². The molecule has 0 saturated heterocycles. The summed E-state index contributed by atoms with van der Waals surface area (Å²) in [6, 6.07) is 6.69. The highest BCUT2D eigenvalue weighted by molar-refractivity contribution is 5.79. The number of aryl methyl sites for hydroxylation is 2. The molecule has 1 aliphatic rings. The zero-order chi connectivity index (χ0) is 17.4. The Kier molecular flexibility index (Phi) is 7.59. The normalized spacial score (nSPS) is 20.1. The van der Waals surface area contributed by atoms with Gasteiger partial charge in [-0.05, 0) is 43.7 Å². The Morgan fingerprint density at radius 2 is 1.78 bits per heavy atom. The number of carbonyl (C=O) groups is 2. The van der Waals surface area contributed by atoms with Gasteiger partial charge in [0.2, 0.25) is 5.91 Å². The van der Waals surface area contributed by atoms with Gasteiger partial charge in [-0.2, -0.15) is 0 Å². The van der Waals surface area contributed by atoms with Gasteiger partial charge in [-0.1, -0.05) is 43.5 Å². The van der Waals surface area contributed by atoms with Crippen molar-refractivity contribution >= 4 is 12.1 Å². The van der Waals surface area contributed by atoms with E-state index in [1.54, 1.807) is 0 Å². The number of rotatable bonds is 3. The monoisotopic (exact) mass is 321 g/mol. The molecule has 1 aliphatic carbocycles. The van der Waals surface area contributed by atoms with Crippen LogP contribution in [0.15, 0.2) is 18.2 Å². The van der Waals surface area contributed by atoms with Gasteiger partial charge in [0.05, 0.1) is 6.42 Å². The summed E-state index contributed by atoms with van der Waals surface area (Å²) in [6.07, 6.45) is 3.62. The highest BCUT2D eigenvalue weighted by Gasteiger charge is 2.22. The van der Waals surface area contributed by atoms with Crippen LogP contribution in [0, 0.1) is 19.8 Å². The van der Waals surface area contributed by atoms with Gasteiger partial charge in [0.25, 0.3) is 0 Å². The Bertz CT molecular complexity index is 538. The van der Waals surface area contributed by atoms with Crippen LogP contribution in [0.5, 0.6) is 0 Å². The van der Waals surface area contributed by atoms with Gasteiger partial charge in [0, 0.05) is 6.04 Å². The molecule has 0 bridgehead atoms. The predicted molar refractivity (Wildman–Crippen MR) is 89.8 cm³/mol. The van der Waals surface area contributed by atoms with Gasteiger partial charge in [0.15, 0.2) is 0 Å². The minimum absolute atomic E-state index is 0.172. The zero-order valence-corrected chi connectivity index (χ0v) is 14.1. The number of nitrogens with one attached hydrogen (secondary N) is 1. The second-order valence-corrected chi connectivity index (χ2v) is 6.33. The Morgan fingerprint density at radius 1 is 1.17 bits per heavy atom. The molecule has 2 atom stereocenters.